The minimum atomic E-state index is -4.65. The van der Waals surface area contributed by atoms with Gasteiger partial charge in [-0.05, 0) is 84.8 Å². The molecule has 2 saturated carbocycles. The highest BCUT2D eigenvalue weighted by atomic mass is 35.5. The molecule has 3 amide bonds. The van der Waals surface area contributed by atoms with Crippen LogP contribution in [0.3, 0.4) is 0 Å². The molecule has 4 aliphatic rings. The van der Waals surface area contributed by atoms with Gasteiger partial charge in [-0.1, -0.05) is 29.0 Å². The molecule has 1 saturated heterocycles. The van der Waals surface area contributed by atoms with Crippen molar-refractivity contribution in [1.29, 1.82) is 0 Å². The highest BCUT2D eigenvalue weighted by Crippen LogP contribution is 2.69. The van der Waals surface area contributed by atoms with Crippen LogP contribution in [-0.4, -0.2) is 34.6 Å². The lowest BCUT2D eigenvalue weighted by Gasteiger charge is -2.43. The van der Waals surface area contributed by atoms with Gasteiger partial charge in [-0.25, -0.2) is 4.39 Å². The molecule has 3 aromatic carbocycles. The summed E-state index contributed by atoms with van der Waals surface area (Å²) in [6.07, 6.45) is -4.10. The number of anilines is 2. The van der Waals surface area contributed by atoms with Crippen molar-refractivity contribution in [3.05, 3.63) is 103 Å². The number of H-pyrrole nitrogens is 1. The van der Waals surface area contributed by atoms with Crippen LogP contribution in [0.25, 0.3) is 0 Å². The van der Waals surface area contributed by atoms with E-state index >= 15 is 0 Å². The molecular weight excluding hydrogens is 706 g/mol. The zero-order chi connectivity index (χ0) is 34.4. The van der Waals surface area contributed by atoms with Crippen LogP contribution >= 0.6 is 34.7 Å². The van der Waals surface area contributed by atoms with Gasteiger partial charge < -0.3 is 15.0 Å². The van der Waals surface area contributed by atoms with Gasteiger partial charge in [0.15, 0.2) is 6.61 Å². The number of nitrogens with zero attached hydrogens (tertiary/aromatic N) is 1. The van der Waals surface area contributed by atoms with E-state index in [1.807, 2.05) is 0 Å². The fraction of sp³-hybridized carbons (Fsp3) is 0.294. The zero-order valence-corrected chi connectivity index (χ0v) is 27.4. The maximum Gasteiger partial charge on any atom is 0.416 e. The Morgan fingerprint density at radius 2 is 1.73 bits per heavy atom. The smallest absolute Gasteiger partial charge is 0.416 e. The molecule has 6 unspecified atom stereocenters. The van der Waals surface area contributed by atoms with E-state index < -0.39 is 59.6 Å². The molecule has 3 heterocycles. The zero-order valence-electron chi connectivity index (χ0n) is 25.0. The fourth-order valence-corrected chi connectivity index (χ4v) is 11.3. The number of thioether (sulfide) groups is 1. The Morgan fingerprint density at radius 3 is 2.47 bits per heavy atom. The Bertz CT molecular complexity index is 2090. The van der Waals surface area contributed by atoms with E-state index in [0.717, 1.165) is 33.2 Å². The molecule has 2 N–H and O–H groups in total. The SMILES string of the molecule is O=C(COc1ccc(Cl)cc1[C@H]1c2sc(=O)[nH]c2SC2C3CC(C4C(=O)N(c5cccc(C(F)(F)F)c5)C(=O)C34)C21)Nc1ccc(F)cc1. The van der Waals surface area contributed by atoms with Crippen LogP contribution in [0.4, 0.5) is 28.9 Å². The molecule has 0 radical (unpaired) electrons. The number of benzene rings is 3. The average Bonchev–Trinajstić information content (AvgIpc) is 3.80. The first-order chi connectivity index (χ1) is 23.4. The number of hydrogen-bond donors (Lipinski definition) is 2. The Morgan fingerprint density at radius 1 is 1.00 bits per heavy atom. The summed E-state index contributed by atoms with van der Waals surface area (Å²) in [7, 11) is 0. The quantitative estimate of drug-likeness (QED) is 0.165. The van der Waals surface area contributed by atoms with Crippen molar-refractivity contribution in [2.45, 2.75) is 28.8 Å². The number of carbonyl (C=O) groups is 3. The number of thiazole rings is 1. The van der Waals surface area contributed by atoms with Gasteiger partial charge in [0.25, 0.3) is 5.91 Å². The summed E-state index contributed by atoms with van der Waals surface area (Å²) >= 11 is 9.00. The lowest BCUT2D eigenvalue weighted by atomic mass is 9.68. The van der Waals surface area contributed by atoms with Crippen molar-refractivity contribution in [2.24, 2.45) is 29.6 Å². The van der Waals surface area contributed by atoms with Crippen LogP contribution in [0.5, 0.6) is 5.75 Å². The second-order valence-corrected chi connectivity index (χ2v) is 15.2. The summed E-state index contributed by atoms with van der Waals surface area (Å²) in [6, 6.07) is 14.5. The third kappa shape index (κ3) is 5.35. The Hall–Kier alpha value is -4.14. The largest absolute Gasteiger partial charge is 0.483 e. The first-order valence-corrected chi connectivity index (χ1v) is 17.4. The second kappa shape index (κ2) is 11.7. The van der Waals surface area contributed by atoms with E-state index in [2.05, 4.69) is 10.3 Å². The van der Waals surface area contributed by atoms with Gasteiger partial charge in [0.2, 0.25) is 11.8 Å². The third-order valence-corrected chi connectivity index (χ3v) is 12.8. The maximum atomic E-state index is 14.0. The van der Waals surface area contributed by atoms with E-state index in [0.29, 0.717) is 33.5 Å². The van der Waals surface area contributed by atoms with Gasteiger partial charge >= 0.3 is 11.0 Å². The molecule has 2 aliphatic heterocycles. The van der Waals surface area contributed by atoms with Crippen molar-refractivity contribution in [3.63, 3.8) is 0 Å². The van der Waals surface area contributed by atoms with E-state index in [9.17, 15) is 36.7 Å². The van der Waals surface area contributed by atoms with E-state index in [4.69, 9.17) is 16.3 Å². The number of ether oxygens (including phenoxy) is 1. The molecule has 0 spiro atoms. The van der Waals surface area contributed by atoms with Crippen LogP contribution in [-0.2, 0) is 20.6 Å². The number of carbonyl (C=O) groups excluding carboxylic acids is 3. The number of amides is 3. The van der Waals surface area contributed by atoms with Gasteiger partial charge in [0, 0.05) is 32.3 Å². The molecule has 252 valence electrons. The monoisotopic (exact) mass is 729 g/mol. The molecule has 2 bridgehead atoms. The number of fused-ring (bicyclic) bond motifs is 9. The third-order valence-electron chi connectivity index (χ3n) is 9.95. The second-order valence-electron chi connectivity index (χ2n) is 12.5. The van der Waals surface area contributed by atoms with Gasteiger partial charge in [-0.15, -0.1) is 11.8 Å². The fourth-order valence-electron chi connectivity index (χ4n) is 8.21. The molecule has 8 nitrogen and oxygen atoms in total. The van der Waals surface area contributed by atoms with Gasteiger partial charge in [0.1, 0.15) is 11.6 Å². The van der Waals surface area contributed by atoms with Gasteiger partial charge in [-0.3, -0.25) is 24.1 Å². The Kier molecular flexibility index (Phi) is 7.68. The molecule has 7 atom stereocenters. The van der Waals surface area contributed by atoms with Crippen LogP contribution in [0.1, 0.15) is 28.3 Å². The first-order valence-electron chi connectivity index (χ1n) is 15.3. The summed E-state index contributed by atoms with van der Waals surface area (Å²) in [5.74, 6) is -4.48. The number of halogens is 5. The molecule has 1 aromatic heterocycles. The van der Waals surface area contributed by atoms with E-state index in [-0.39, 0.29) is 33.6 Å². The minimum absolute atomic E-state index is 0.112. The summed E-state index contributed by atoms with van der Waals surface area (Å²) in [5.41, 5.74) is -0.0852. The average molecular weight is 730 g/mol. The van der Waals surface area contributed by atoms with Crippen molar-refractivity contribution in [2.75, 3.05) is 16.8 Å². The maximum absolute atomic E-state index is 14.0. The number of rotatable bonds is 6. The molecule has 49 heavy (non-hydrogen) atoms. The summed E-state index contributed by atoms with van der Waals surface area (Å²) < 4.78 is 60.0. The predicted octanol–water partition coefficient (Wildman–Crippen LogP) is 6.94. The Balaban J connectivity index is 1.13. The predicted molar refractivity (Wildman–Crippen MR) is 174 cm³/mol. The number of nitrogens with one attached hydrogen (secondary N) is 2. The van der Waals surface area contributed by atoms with Crippen LogP contribution in [0.15, 0.2) is 76.6 Å². The van der Waals surface area contributed by atoms with Crippen molar-refractivity contribution >= 4 is 63.8 Å². The topological polar surface area (TPSA) is 109 Å². The van der Waals surface area contributed by atoms with E-state index in [1.54, 1.807) is 18.2 Å². The summed E-state index contributed by atoms with van der Waals surface area (Å²) in [4.78, 5) is 57.7. The van der Waals surface area contributed by atoms with E-state index in [1.165, 1.54) is 48.2 Å². The molecular formula is C34H24ClF4N3O5S2. The first kappa shape index (κ1) is 32.1. The standard InChI is InChI=1S/C34H24ClF4N3O5S2/c35-15-4-9-22(47-13-23(43)40-17-7-5-16(36)6-8-17)19(11-15)24-25-20-12-21(28(25)48-30-29(24)49-33(46)41-30)27-26(20)31(44)42(32(27)45)18-3-1-2-14(10-18)34(37,38)39/h1-11,20-21,24-28H,12-13H2,(H,40,43)(H,41,46)/t20?,21?,24-,25?,26?,27?,28?/m1/s1. The van der Waals surface area contributed by atoms with Crippen LogP contribution in [0.2, 0.25) is 5.02 Å². The molecule has 4 aromatic rings. The number of aromatic amines is 1. The number of alkyl halides is 3. The number of imide groups is 1. The minimum Gasteiger partial charge on any atom is -0.483 e. The normalized spacial score (nSPS) is 26.8. The Labute approximate surface area is 288 Å². The highest BCUT2D eigenvalue weighted by molar-refractivity contribution is 8.00. The molecule has 3 fully saturated rings. The lowest BCUT2D eigenvalue weighted by Crippen LogP contribution is -2.42. The van der Waals surface area contributed by atoms with Gasteiger partial charge in [0.05, 0.1) is 28.1 Å². The van der Waals surface area contributed by atoms with Gasteiger partial charge in [-0.2, -0.15) is 13.2 Å². The summed E-state index contributed by atoms with van der Waals surface area (Å²) in [5, 5.41) is 3.45. The van der Waals surface area contributed by atoms with Crippen molar-refractivity contribution in [1.82, 2.24) is 4.98 Å². The van der Waals surface area contributed by atoms with Crippen LogP contribution in [0, 0.1) is 35.4 Å². The summed E-state index contributed by atoms with van der Waals surface area (Å²) in [6.45, 7) is -0.395. The highest BCUT2D eigenvalue weighted by Gasteiger charge is 2.70. The number of aromatic nitrogens is 1. The molecule has 15 heteroatoms. The lowest BCUT2D eigenvalue weighted by molar-refractivity contribution is -0.137. The number of hydrogen-bond acceptors (Lipinski definition) is 7. The van der Waals surface area contributed by atoms with Crippen LogP contribution < -0.4 is 19.8 Å². The molecule has 2 aliphatic carbocycles. The molecule has 8 rings (SSSR count). The van der Waals surface area contributed by atoms with Crippen molar-refractivity contribution in [3.8, 4) is 5.75 Å². The van der Waals surface area contributed by atoms with Crippen molar-refractivity contribution < 1.29 is 36.7 Å².